The number of hydrogen-bond donors (Lipinski definition) is 2. The highest BCUT2D eigenvalue weighted by molar-refractivity contribution is 5.35. The summed E-state index contributed by atoms with van der Waals surface area (Å²) in [6.07, 6.45) is 1.82. The Morgan fingerprint density at radius 3 is 2.74 bits per heavy atom. The molecule has 1 heterocycles. The number of halogens is 1. The second-order valence-electron chi connectivity index (χ2n) is 4.61. The Bertz CT molecular complexity index is 555. The molecular formula is C15H17FN2O. The summed E-state index contributed by atoms with van der Waals surface area (Å²) in [6, 6.07) is 7.96. The molecule has 2 N–H and O–H groups in total. The molecule has 2 rings (SSSR count). The van der Waals surface area contributed by atoms with Crippen LogP contribution in [0, 0.1) is 12.7 Å². The lowest BCUT2D eigenvalue weighted by Gasteiger charge is -2.15. The van der Waals surface area contributed by atoms with Gasteiger partial charge >= 0.3 is 0 Å². The van der Waals surface area contributed by atoms with E-state index in [9.17, 15) is 9.50 Å². The quantitative estimate of drug-likeness (QED) is 0.888. The molecule has 0 aliphatic heterocycles. The summed E-state index contributed by atoms with van der Waals surface area (Å²) in [5.74, 6) is -0.460. The fourth-order valence-corrected chi connectivity index (χ4v) is 1.87. The maximum Gasteiger partial charge on any atom is 0.126 e. The van der Waals surface area contributed by atoms with E-state index in [2.05, 4.69) is 10.3 Å². The second kappa shape index (κ2) is 5.80. The van der Waals surface area contributed by atoms with Crippen molar-refractivity contribution in [2.75, 3.05) is 0 Å². The fraction of sp³-hybridized carbons (Fsp3) is 0.267. The third-order valence-corrected chi connectivity index (χ3v) is 3.04. The van der Waals surface area contributed by atoms with Crippen LogP contribution in [-0.2, 0) is 6.54 Å². The second-order valence-corrected chi connectivity index (χ2v) is 4.61. The number of nitrogens with zero attached hydrogens (tertiary/aromatic N) is 1. The predicted octanol–water partition coefficient (Wildman–Crippen LogP) is 3.09. The first-order chi connectivity index (χ1) is 9.06. The molecule has 0 saturated heterocycles. The van der Waals surface area contributed by atoms with Crippen molar-refractivity contribution in [3.8, 4) is 5.75 Å². The van der Waals surface area contributed by atoms with E-state index in [0.717, 1.165) is 17.3 Å². The van der Waals surface area contributed by atoms with Crippen molar-refractivity contribution in [3.05, 3.63) is 59.2 Å². The maximum absolute atomic E-state index is 12.9. The van der Waals surface area contributed by atoms with Gasteiger partial charge < -0.3 is 10.4 Å². The largest absolute Gasteiger partial charge is 0.508 e. The van der Waals surface area contributed by atoms with E-state index in [1.807, 2.05) is 32.2 Å². The molecule has 0 radical (unpaired) electrons. The van der Waals surface area contributed by atoms with Gasteiger partial charge in [-0.25, -0.2) is 4.39 Å². The van der Waals surface area contributed by atoms with Crippen molar-refractivity contribution in [2.24, 2.45) is 0 Å². The number of rotatable bonds is 4. The molecule has 1 atom stereocenters. The number of aryl methyl sites for hydroxylation is 1. The third-order valence-electron chi connectivity index (χ3n) is 3.04. The molecular weight excluding hydrogens is 243 g/mol. The number of hydrogen-bond acceptors (Lipinski definition) is 3. The Morgan fingerprint density at radius 2 is 2.11 bits per heavy atom. The minimum absolute atomic E-state index is 0.0259. The Balaban J connectivity index is 2.01. The van der Waals surface area contributed by atoms with Crippen LogP contribution in [0.25, 0.3) is 0 Å². The molecule has 2 aromatic rings. The van der Waals surface area contributed by atoms with E-state index in [1.165, 1.54) is 6.07 Å². The van der Waals surface area contributed by atoms with Crippen LogP contribution in [0.3, 0.4) is 0 Å². The molecule has 1 aromatic carbocycles. The minimum atomic E-state index is -0.434. The van der Waals surface area contributed by atoms with Gasteiger partial charge in [-0.1, -0.05) is 12.1 Å². The van der Waals surface area contributed by atoms with Gasteiger partial charge in [-0.3, -0.25) is 4.98 Å². The first-order valence-electron chi connectivity index (χ1n) is 6.19. The molecule has 4 heteroatoms. The summed E-state index contributed by atoms with van der Waals surface area (Å²) in [4.78, 5) is 4.22. The van der Waals surface area contributed by atoms with E-state index in [4.69, 9.17) is 0 Å². The topological polar surface area (TPSA) is 45.1 Å². The zero-order chi connectivity index (χ0) is 13.8. The van der Waals surface area contributed by atoms with Crippen LogP contribution in [0.4, 0.5) is 4.39 Å². The van der Waals surface area contributed by atoms with Crippen LogP contribution in [0.2, 0.25) is 0 Å². The van der Waals surface area contributed by atoms with Gasteiger partial charge in [-0.15, -0.1) is 0 Å². The van der Waals surface area contributed by atoms with Crippen LogP contribution in [0.15, 0.2) is 36.5 Å². The molecule has 0 amide bonds. The smallest absolute Gasteiger partial charge is 0.126 e. The lowest BCUT2D eigenvalue weighted by Crippen LogP contribution is -2.18. The molecule has 1 aromatic heterocycles. The van der Waals surface area contributed by atoms with E-state index < -0.39 is 5.82 Å². The van der Waals surface area contributed by atoms with Crippen LogP contribution in [0.5, 0.6) is 5.75 Å². The number of aromatic nitrogens is 1. The summed E-state index contributed by atoms with van der Waals surface area (Å²) in [5, 5.41) is 13.0. The molecule has 0 aliphatic rings. The first kappa shape index (κ1) is 13.5. The van der Waals surface area contributed by atoms with Crippen LogP contribution in [0.1, 0.15) is 29.8 Å². The van der Waals surface area contributed by atoms with Gasteiger partial charge in [0.15, 0.2) is 0 Å². The van der Waals surface area contributed by atoms with Gasteiger partial charge in [0.1, 0.15) is 11.6 Å². The number of benzene rings is 1. The lowest BCUT2D eigenvalue weighted by molar-refractivity contribution is 0.446. The van der Waals surface area contributed by atoms with Crippen molar-refractivity contribution in [2.45, 2.75) is 26.4 Å². The standard InChI is InChI=1S/C15H17FN2O/c1-10-3-4-12(8-17-10)9-18-11(2)14-6-5-13(16)7-15(14)19/h3-8,11,18-19H,9H2,1-2H3. The number of pyridine rings is 1. The molecule has 100 valence electrons. The fourth-order valence-electron chi connectivity index (χ4n) is 1.87. The summed E-state index contributed by atoms with van der Waals surface area (Å²) < 4.78 is 12.9. The number of nitrogens with one attached hydrogen (secondary N) is 1. The van der Waals surface area contributed by atoms with Gasteiger partial charge in [-0.2, -0.15) is 0 Å². The summed E-state index contributed by atoms with van der Waals surface area (Å²) in [5.41, 5.74) is 2.73. The van der Waals surface area contributed by atoms with E-state index >= 15 is 0 Å². The molecule has 3 nitrogen and oxygen atoms in total. The molecule has 0 saturated carbocycles. The Labute approximate surface area is 112 Å². The number of phenols is 1. The Morgan fingerprint density at radius 1 is 1.32 bits per heavy atom. The Hall–Kier alpha value is -1.94. The summed E-state index contributed by atoms with van der Waals surface area (Å²) in [7, 11) is 0. The first-order valence-corrected chi connectivity index (χ1v) is 6.19. The summed E-state index contributed by atoms with van der Waals surface area (Å²) >= 11 is 0. The molecule has 19 heavy (non-hydrogen) atoms. The van der Waals surface area contributed by atoms with Crippen molar-refractivity contribution in [1.82, 2.24) is 10.3 Å². The predicted molar refractivity (Wildman–Crippen MR) is 72.3 cm³/mol. The van der Waals surface area contributed by atoms with Crippen LogP contribution in [-0.4, -0.2) is 10.1 Å². The minimum Gasteiger partial charge on any atom is -0.508 e. The van der Waals surface area contributed by atoms with Gasteiger partial charge in [-0.05, 0) is 31.5 Å². The summed E-state index contributed by atoms with van der Waals surface area (Å²) in [6.45, 7) is 4.51. The van der Waals surface area contributed by atoms with Crippen molar-refractivity contribution in [3.63, 3.8) is 0 Å². The van der Waals surface area contributed by atoms with Crippen LogP contribution < -0.4 is 5.32 Å². The SMILES string of the molecule is Cc1ccc(CNC(C)c2ccc(F)cc2O)cn1. The van der Waals surface area contributed by atoms with Gasteiger partial charge in [0, 0.05) is 36.1 Å². The van der Waals surface area contributed by atoms with Crippen molar-refractivity contribution < 1.29 is 9.50 Å². The lowest BCUT2D eigenvalue weighted by atomic mass is 10.1. The number of aromatic hydroxyl groups is 1. The van der Waals surface area contributed by atoms with Gasteiger partial charge in [0.2, 0.25) is 0 Å². The van der Waals surface area contributed by atoms with Gasteiger partial charge in [0.25, 0.3) is 0 Å². The molecule has 0 bridgehead atoms. The highest BCUT2D eigenvalue weighted by Gasteiger charge is 2.10. The van der Waals surface area contributed by atoms with E-state index in [-0.39, 0.29) is 11.8 Å². The molecule has 0 aliphatic carbocycles. The van der Waals surface area contributed by atoms with E-state index in [0.29, 0.717) is 12.1 Å². The average molecular weight is 260 g/mol. The van der Waals surface area contributed by atoms with Crippen molar-refractivity contribution in [1.29, 1.82) is 0 Å². The molecule has 0 fully saturated rings. The van der Waals surface area contributed by atoms with E-state index in [1.54, 1.807) is 6.07 Å². The van der Waals surface area contributed by atoms with Gasteiger partial charge in [0.05, 0.1) is 0 Å². The zero-order valence-corrected chi connectivity index (χ0v) is 11.0. The highest BCUT2D eigenvalue weighted by atomic mass is 19.1. The zero-order valence-electron chi connectivity index (χ0n) is 11.0. The third kappa shape index (κ3) is 3.51. The monoisotopic (exact) mass is 260 g/mol. The number of phenolic OH excluding ortho intramolecular Hbond substituents is 1. The maximum atomic E-state index is 12.9. The van der Waals surface area contributed by atoms with Crippen molar-refractivity contribution >= 4 is 0 Å². The average Bonchev–Trinajstić information content (AvgIpc) is 2.37. The van der Waals surface area contributed by atoms with Crippen LogP contribution >= 0.6 is 0 Å². The molecule has 1 unspecified atom stereocenters. The normalized spacial score (nSPS) is 12.4. The highest BCUT2D eigenvalue weighted by Crippen LogP contribution is 2.24. The Kier molecular flexibility index (Phi) is 4.12. The molecule has 0 spiro atoms.